The Morgan fingerprint density at radius 1 is 1.42 bits per heavy atom. The van der Waals surface area contributed by atoms with Crippen molar-refractivity contribution in [2.45, 2.75) is 38.4 Å². The van der Waals surface area contributed by atoms with Gasteiger partial charge in [-0.1, -0.05) is 5.21 Å². The Morgan fingerprint density at radius 3 is 2.81 bits per heavy atom. The number of carbonyl (C=O) groups is 1. The van der Waals surface area contributed by atoms with Gasteiger partial charge in [0.05, 0.1) is 16.7 Å². The number of hydrogen-bond acceptors (Lipinski definition) is 6. The number of rotatable bonds is 5. The minimum atomic E-state index is -4.44. The molecule has 0 radical (unpaired) electrons. The third-order valence-corrected chi connectivity index (χ3v) is 5.17. The topological polar surface area (TPSA) is 84.7 Å². The third-order valence-electron chi connectivity index (χ3n) is 4.26. The first-order valence-electron chi connectivity index (χ1n) is 8.28. The number of nitrogens with one attached hydrogen (secondary N) is 2. The van der Waals surface area contributed by atoms with Gasteiger partial charge in [-0.3, -0.25) is 4.79 Å². The molecule has 2 N–H and O–H groups in total. The van der Waals surface area contributed by atoms with E-state index in [1.807, 2.05) is 0 Å². The highest BCUT2D eigenvalue weighted by atomic mass is 32.1. The van der Waals surface area contributed by atoms with E-state index in [2.05, 4.69) is 25.9 Å². The maximum atomic E-state index is 12.5. The van der Waals surface area contributed by atoms with Crippen LogP contribution in [-0.2, 0) is 12.6 Å². The summed E-state index contributed by atoms with van der Waals surface area (Å²) in [5, 5.41) is 15.3. The van der Waals surface area contributed by atoms with Crippen LogP contribution in [0.25, 0.3) is 0 Å². The number of alkyl halides is 3. The number of aromatic nitrogens is 4. The van der Waals surface area contributed by atoms with Crippen LogP contribution in [-0.4, -0.2) is 45.5 Å². The van der Waals surface area contributed by atoms with Crippen LogP contribution in [0.5, 0.6) is 0 Å². The number of amides is 1. The van der Waals surface area contributed by atoms with Crippen LogP contribution >= 0.6 is 11.3 Å². The number of carbonyl (C=O) groups excluding carboxylic acids is 1. The molecule has 3 heterocycles. The number of halogens is 3. The van der Waals surface area contributed by atoms with Crippen molar-refractivity contribution in [2.24, 2.45) is 0 Å². The van der Waals surface area contributed by atoms with Crippen LogP contribution < -0.4 is 10.6 Å². The fourth-order valence-electron chi connectivity index (χ4n) is 2.87. The van der Waals surface area contributed by atoms with Crippen molar-refractivity contribution in [1.29, 1.82) is 0 Å². The summed E-state index contributed by atoms with van der Waals surface area (Å²) in [6, 6.07) is 0.224. The molecule has 0 bridgehead atoms. The summed E-state index contributed by atoms with van der Waals surface area (Å²) in [4.78, 5) is 15.8. The quantitative estimate of drug-likeness (QED) is 0.818. The first-order chi connectivity index (χ1) is 12.4. The van der Waals surface area contributed by atoms with Gasteiger partial charge >= 0.3 is 6.18 Å². The van der Waals surface area contributed by atoms with Gasteiger partial charge in [0, 0.05) is 18.3 Å². The third kappa shape index (κ3) is 4.21. The van der Waals surface area contributed by atoms with Gasteiger partial charge in [0.15, 0.2) is 11.4 Å². The van der Waals surface area contributed by atoms with E-state index in [-0.39, 0.29) is 30.6 Å². The fourth-order valence-corrected chi connectivity index (χ4v) is 3.68. The zero-order valence-electron chi connectivity index (χ0n) is 14.1. The molecule has 0 atom stereocenters. The summed E-state index contributed by atoms with van der Waals surface area (Å²) in [5.41, 5.74) is 0.0474. The molecular weight excluding hydrogens is 369 g/mol. The summed E-state index contributed by atoms with van der Waals surface area (Å²) in [6.07, 6.45) is -2.36. The summed E-state index contributed by atoms with van der Waals surface area (Å²) >= 11 is 0.930. The molecule has 0 spiro atoms. The lowest BCUT2D eigenvalue weighted by molar-refractivity contribution is -0.140. The van der Waals surface area contributed by atoms with Crippen molar-refractivity contribution in [1.82, 2.24) is 30.6 Å². The van der Waals surface area contributed by atoms with Crippen molar-refractivity contribution in [3.8, 4) is 0 Å². The average molecular weight is 388 g/mol. The zero-order chi connectivity index (χ0) is 18.7. The van der Waals surface area contributed by atoms with Gasteiger partial charge < -0.3 is 10.6 Å². The highest BCUT2D eigenvalue weighted by Crippen LogP contribution is 2.30. The predicted octanol–water partition coefficient (Wildman–Crippen LogP) is 1.96. The molecule has 2 aromatic rings. The number of piperidine rings is 1. The molecule has 7 nitrogen and oxygen atoms in total. The summed E-state index contributed by atoms with van der Waals surface area (Å²) in [5.74, 6) is -0.379. The molecule has 0 saturated carbocycles. The van der Waals surface area contributed by atoms with Crippen molar-refractivity contribution in [3.63, 3.8) is 0 Å². The molecule has 1 aliphatic heterocycles. The molecule has 1 saturated heterocycles. The normalized spacial score (nSPS) is 16.0. The first kappa shape index (κ1) is 18.8. The van der Waals surface area contributed by atoms with Crippen molar-refractivity contribution in [3.05, 3.63) is 27.5 Å². The molecule has 2 aromatic heterocycles. The minimum Gasteiger partial charge on any atom is -0.350 e. The maximum Gasteiger partial charge on any atom is 0.434 e. The van der Waals surface area contributed by atoms with E-state index in [9.17, 15) is 18.0 Å². The zero-order valence-corrected chi connectivity index (χ0v) is 15.0. The lowest BCUT2D eigenvalue weighted by Gasteiger charge is -2.23. The largest absolute Gasteiger partial charge is 0.434 e. The van der Waals surface area contributed by atoms with Gasteiger partial charge in [-0.25, -0.2) is 9.67 Å². The second-order valence-electron chi connectivity index (χ2n) is 6.08. The van der Waals surface area contributed by atoms with Crippen LogP contribution in [0, 0.1) is 6.92 Å². The first-order valence-corrected chi connectivity index (χ1v) is 9.16. The van der Waals surface area contributed by atoms with Crippen LogP contribution in [0.2, 0.25) is 0 Å². The molecule has 0 unspecified atom stereocenters. The van der Waals surface area contributed by atoms with Gasteiger partial charge in [-0.2, -0.15) is 13.2 Å². The Labute approximate surface area is 152 Å². The van der Waals surface area contributed by atoms with Crippen molar-refractivity contribution < 1.29 is 18.0 Å². The SMILES string of the molecule is Cc1c(C(=O)NCCc2nc(C(F)(F)F)cs2)nnn1C1CCNCC1. The molecule has 3 rings (SSSR count). The standard InChI is InChI=1S/C15H19F3N6OS/c1-9-13(22-23-24(9)10-2-5-19-6-3-10)14(25)20-7-4-12-21-11(8-26-12)15(16,17)18/h8,10,19H,2-7H2,1H3,(H,20,25). The van der Waals surface area contributed by atoms with E-state index in [0.29, 0.717) is 10.7 Å². The Bertz CT molecular complexity index is 766. The van der Waals surface area contributed by atoms with Crippen LogP contribution in [0.1, 0.15) is 45.8 Å². The van der Waals surface area contributed by atoms with Gasteiger partial charge in [0.2, 0.25) is 0 Å². The van der Waals surface area contributed by atoms with Gasteiger partial charge in [-0.05, 0) is 32.9 Å². The molecule has 0 aliphatic carbocycles. The number of nitrogens with zero attached hydrogens (tertiary/aromatic N) is 4. The van der Waals surface area contributed by atoms with Crippen LogP contribution in [0.15, 0.2) is 5.38 Å². The lowest BCUT2D eigenvalue weighted by atomic mass is 10.1. The van der Waals surface area contributed by atoms with E-state index in [4.69, 9.17) is 0 Å². The van der Waals surface area contributed by atoms with E-state index in [0.717, 1.165) is 42.6 Å². The highest BCUT2D eigenvalue weighted by Gasteiger charge is 2.33. The molecule has 0 aromatic carbocycles. The fraction of sp³-hybridized carbons (Fsp3) is 0.600. The van der Waals surface area contributed by atoms with Crippen LogP contribution in [0.4, 0.5) is 13.2 Å². The van der Waals surface area contributed by atoms with E-state index < -0.39 is 11.9 Å². The molecule has 1 aliphatic rings. The van der Waals surface area contributed by atoms with Crippen molar-refractivity contribution >= 4 is 17.2 Å². The van der Waals surface area contributed by atoms with E-state index in [1.54, 1.807) is 11.6 Å². The molecule has 26 heavy (non-hydrogen) atoms. The molecule has 1 fully saturated rings. The second kappa shape index (κ2) is 7.70. The summed E-state index contributed by atoms with van der Waals surface area (Å²) in [7, 11) is 0. The number of thiazole rings is 1. The highest BCUT2D eigenvalue weighted by molar-refractivity contribution is 7.09. The van der Waals surface area contributed by atoms with Gasteiger partial charge in [0.1, 0.15) is 0 Å². The lowest BCUT2D eigenvalue weighted by Crippen LogP contribution is -2.30. The van der Waals surface area contributed by atoms with Crippen LogP contribution in [0.3, 0.4) is 0 Å². The minimum absolute atomic E-state index is 0.184. The molecule has 1 amide bonds. The second-order valence-corrected chi connectivity index (χ2v) is 7.02. The van der Waals surface area contributed by atoms with E-state index in [1.165, 1.54) is 0 Å². The molecule has 11 heteroatoms. The predicted molar refractivity (Wildman–Crippen MR) is 89.1 cm³/mol. The molecule has 142 valence electrons. The Morgan fingerprint density at radius 2 is 2.15 bits per heavy atom. The van der Waals surface area contributed by atoms with Crippen molar-refractivity contribution in [2.75, 3.05) is 19.6 Å². The Kier molecular flexibility index (Phi) is 5.56. The Balaban J connectivity index is 1.55. The smallest absolute Gasteiger partial charge is 0.350 e. The van der Waals surface area contributed by atoms with E-state index >= 15 is 0 Å². The Hall–Kier alpha value is -2.01. The summed E-state index contributed by atoms with van der Waals surface area (Å²) in [6.45, 7) is 3.79. The summed E-state index contributed by atoms with van der Waals surface area (Å²) < 4.78 is 39.4. The monoisotopic (exact) mass is 388 g/mol. The maximum absolute atomic E-state index is 12.5. The van der Waals surface area contributed by atoms with Gasteiger partial charge in [-0.15, -0.1) is 16.4 Å². The average Bonchev–Trinajstić information content (AvgIpc) is 3.22. The van der Waals surface area contributed by atoms with Gasteiger partial charge in [0.25, 0.3) is 5.91 Å². The number of hydrogen-bond donors (Lipinski definition) is 2. The molecular formula is C15H19F3N6OS.